The van der Waals surface area contributed by atoms with E-state index in [2.05, 4.69) is 30.1 Å². The summed E-state index contributed by atoms with van der Waals surface area (Å²) in [5, 5.41) is 0. The van der Waals surface area contributed by atoms with E-state index < -0.39 is 23.7 Å². The summed E-state index contributed by atoms with van der Waals surface area (Å²) < 4.78 is 13.6. The Labute approximate surface area is 107 Å². The van der Waals surface area contributed by atoms with Crippen LogP contribution in [0.3, 0.4) is 0 Å². The summed E-state index contributed by atoms with van der Waals surface area (Å²) in [5.41, 5.74) is 0. The summed E-state index contributed by atoms with van der Waals surface area (Å²) in [6.45, 7) is 4.51. The molecule has 0 saturated carbocycles. The van der Waals surface area contributed by atoms with E-state index in [0.29, 0.717) is 0 Å². The zero-order valence-corrected chi connectivity index (χ0v) is 11.3. The maximum atomic E-state index is 11.4. The molecular formula is C10H13BrO6. The first-order chi connectivity index (χ1) is 7.93. The number of halogens is 1. The summed E-state index contributed by atoms with van der Waals surface area (Å²) in [6, 6.07) is 0. The largest absolute Gasteiger partial charge is 0.462 e. The van der Waals surface area contributed by atoms with Crippen molar-refractivity contribution >= 4 is 33.8 Å². The van der Waals surface area contributed by atoms with Crippen LogP contribution in [0.2, 0.25) is 0 Å². The number of carbonyl (C=O) groups is 3. The van der Waals surface area contributed by atoms with Gasteiger partial charge in [-0.15, -0.1) is 0 Å². The molecule has 0 aromatic rings. The Morgan fingerprint density at radius 3 is 1.88 bits per heavy atom. The van der Waals surface area contributed by atoms with Crippen LogP contribution in [0, 0.1) is 0 Å². The van der Waals surface area contributed by atoms with Gasteiger partial charge in [0.1, 0.15) is 0 Å². The topological polar surface area (TPSA) is 78.9 Å². The van der Waals surface area contributed by atoms with E-state index in [-0.39, 0.29) is 17.7 Å². The van der Waals surface area contributed by atoms with Crippen LogP contribution in [0.4, 0.5) is 0 Å². The van der Waals surface area contributed by atoms with Gasteiger partial charge in [-0.3, -0.25) is 4.79 Å². The molecule has 0 aliphatic heterocycles. The van der Waals surface area contributed by atoms with Gasteiger partial charge >= 0.3 is 17.9 Å². The predicted molar refractivity (Wildman–Crippen MR) is 61.0 cm³/mol. The quantitative estimate of drug-likeness (QED) is 0.329. The number of rotatable bonds is 5. The van der Waals surface area contributed by atoms with E-state index >= 15 is 0 Å². The van der Waals surface area contributed by atoms with Gasteiger partial charge in [-0.1, -0.05) is 0 Å². The summed E-state index contributed by atoms with van der Waals surface area (Å²) in [6.07, 6.45) is 0. The van der Waals surface area contributed by atoms with Crippen molar-refractivity contribution in [3.8, 4) is 0 Å². The van der Waals surface area contributed by atoms with Crippen molar-refractivity contribution in [1.82, 2.24) is 0 Å². The van der Waals surface area contributed by atoms with Crippen molar-refractivity contribution in [3.63, 3.8) is 0 Å². The first kappa shape index (κ1) is 15.6. The van der Waals surface area contributed by atoms with Gasteiger partial charge in [0.25, 0.3) is 0 Å². The first-order valence-electron chi connectivity index (χ1n) is 4.86. The van der Waals surface area contributed by atoms with Gasteiger partial charge in [-0.2, -0.15) is 0 Å². The fourth-order valence-electron chi connectivity index (χ4n) is 0.804. The highest BCUT2D eigenvalue weighted by Crippen LogP contribution is 2.17. The maximum absolute atomic E-state index is 11.4. The summed E-state index contributed by atoms with van der Waals surface area (Å²) >= 11 is 2.84. The molecule has 0 aliphatic rings. The maximum Gasteiger partial charge on any atom is 0.375 e. The van der Waals surface area contributed by atoms with Crippen molar-refractivity contribution in [2.75, 3.05) is 13.2 Å². The Bertz CT molecular complexity index is 347. The molecule has 7 heteroatoms. The molecule has 0 aromatic carbocycles. The molecule has 0 aliphatic carbocycles. The molecule has 6 nitrogen and oxygen atoms in total. The Morgan fingerprint density at radius 2 is 1.47 bits per heavy atom. The van der Waals surface area contributed by atoms with Gasteiger partial charge in [0.15, 0.2) is 4.48 Å². The van der Waals surface area contributed by atoms with Crippen LogP contribution in [0.5, 0.6) is 0 Å². The molecule has 96 valence electrons. The molecule has 0 unspecified atom stereocenters. The molecule has 0 amide bonds. The second-order valence-corrected chi connectivity index (χ2v) is 3.47. The van der Waals surface area contributed by atoms with Crippen molar-refractivity contribution < 1.29 is 28.6 Å². The monoisotopic (exact) mass is 308 g/mol. The highest BCUT2D eigenvalue weighted by atomic mass is 79.9. The molecule has 0 rings (SSSR count). The highest BCUT2D eigenvalue weighted by Gasteiger charge is 2.24. The van der Waals surface area contributed by atoms with Crippen molar-refractivity contribution in [3.05, 3.63) is 10.2 Å². The van der Waals surface area contributed by atoms with Crippen LogP contribution < -0.4 is 0 Å². The normalized spacial score (nSPS) is 11.3. The van der Waals surface area contributed by atoms with E-state index in [1.54, 1.807) is 13.8 Å². The molecule has 17 heavy (non-hydrogen) atoms. The molecule has 0 atom stereocenters. The minimum Gasteiger partial charge on any atom is -0.462 e. The number of esters is 3. The summed E-state index contributed by atoms with van der Waals surface area (Å²) in [7, 11) is 0. The van der Waals surface area contributed by atoms with Gasteiger partial charge in [-0.25, -0.2) is 9.59 Å². The van der Waals surface area contributed by atoms with E-state index in [0.717, 1.165) is 6.92 Å². The van der Waals surface area contributed by atoms with E-state index in [1.807, 2.05) is 0 Å². The molecule has 0 bridgehead atoms. The average molecular weight is 309 g/mol. The Morgan fingerprint density at radius 1 is 1.00 bits per heavy atom. The molecule has 0 aromatic heterocycles. The number of hydrogen-bond donors (Lipinski definition) is 0. The fourth-order valence-corrected chi connectivity index (χ4v) is 1.16. The van der Waals surface area contributed by atoms with E-state index in [9.17, 15) is 14.4 Å². The molecule has 0 saturated heterocycles. The Hall–Kier alpha value is -1.37. The van der Waals surface area contributed by atoms with Gasteiger partial charge in [0.05, 0.1) is 13.2 Å². The third-order valence-corrected chi connectivity index (χ3v) is 2.04. The van der Waals surface area contributed by atoms with Crippen LogP contribution in [0.1, 0.15) is 20.8 Å². The first-order valence-corrected chi connectivity index (χ1v) is 5.65. The zero-order chi connectivity index (χ0) is 13.4. The van der Waals surface area contributed by atoms with Crippen molar-refractivity contribution in [2.24, 2.45) is 0 Å². The lowest BCUT2D eigenvalue weighted by molar-refractivity contribution is -0.150. The third kappa shape index (κ3) is 5.48. The lowest BCUT2D eigenvalue weighted by Crippen LogP contribution is -2.17. The molecule has 0 heterocycles. The lowest BCUT2D eigenvalue weighted by atomic mass is 10.4. The molecule has 0 fully saturated rings. The second kappa shape index (κ2) is 7.83. The van der Waals surface area contributed by atoms with Gasteiger partial charge in [-0.05, 0) is 29.8 Å². The van der Waals surface area contributed by atoms with Crippen LogP contribution in [0.15, 0.2) is 10.2 Å². The minimum absolute atomic E-state index is 0.0900. The number of carbonyl (C=O) groups excluding carboxylic acids is 3. The predicted octanol–water partition coefficient (Wildman–Crippen LogP) is 1.28. The molecular weight excluding hydrogens is 296 g/mol. The van der Waals surface area contributed by atoms with Crippen LogP contribution in [0.25, 0.3) is 0 Å². The Balaban J connectivity index is 5.12. The highest BCUT2D eigenvalue weighted by molar-refractivity contribution is 9.12. The van der Waals surface area contributed by atoms with Crippen LogP contribution in [-0.2, 0) is 28.6 Å². The molecule has 0 N–H and O–H groups in total. The lowest BCUT2D eigenvalue weighted by Gasteiger charge is -2.08. The fraction of sp³-hybridized carbons (Fsp3) is 0.500. The van der Waals surface area contributed by atoms with Crippen LogP contribution >= 0.6 is 15.9 Å². The van der Waals surface area contributed by atoms with E-state index in [4.69, 9.17) is 0 Å². The smallest absolute Gasteiger partial charge is 0.375 e. The van der Waals surface area contributed by atoms with Gasteiger partial charge in [0, 0.05) is 6.92 Å². The second-order valence-electron chi connectivity index (χ2n) is 2.68. The third-order valence-electron chi connectivity index (χ3n) is 1.36. The van der Waals surface area contributed by atoms with Gasteiger partial charge in [0.2, 0.25) is 5.76 Å². The SMILES string of the molecule is CCOC(=O)/C(Br)=C(\OC(C)=O)C(=O)OCC. The standard InChI is InChI=1S/C10H13BrO6/c1-4-15-9(13)7(11)8(17-6(3)12)10(14)16-5-2/h4-5H2,1-3H3/b8-7+. The summed E-state index contributed by atoms with van der Waals surface area (Å²) in [5.74, 6) is -2.98. The van der Waals surface area contributed by atoms with Crippen LogP contribution in [-0.4, -0.2) is 31.1 Å². The Kier molecular flexibility index (Phi) is 7.20. The van der Waals surface area contributed by atoms with E-state index in [1.165, 1.54) is 0 Å². The minimum atomic E-state index is -0.914. The van der Waals surface area contributed by atoms with Gasteiger partial charge < -0.3 is 14.2 Å². The zero-order valence-electron chi connectivity index (χ0n) is 9.74. The number of hydrogen-bond acceptors (Lipinski definition) is 6. The number of ether oxygens (including phenoxy) is 3. The molecule has 0 radical (unpaired) electrons. The van der Waals surface area contributed by atoms with Crippen molar-refractivity contribution in [2.45, 2.75) is 20.8 Å². The molecule has 0 spiro atoms. The summed E-state index contributed by atoms with van der Waals surface area (Å²) in [4.78, 5) is 33.6. The average Bonchev–Trinajstić information content (AvgIpc) is 2.25. The van der Waals surface area contributed by atoms with Crippen molar-refractivity contribution in [1.29, 1.82) is 0 Å².